The summed E-state index contributed by atoms with van der Waals surface area (Å²) in [6.07, 6.45) is 1.15. The lowest BCUT2D eigenvalue weighted by Gasteiger charge is -2.19. The summed E-state index contributed by atoms with van der Waals surface area (Å²) in [5, 5.41) is 4.34. The summed E-state index contributed by atoms with van der Waals surface area (Å²) < 4.78 is 9.82. The molecule has 2 aromatic heterocycles. The molecule has 8 nitrogen and oxygen atoms in total. The molecule has 0 radical (unpaired) electrons. The van der Waals surface area contributed by atoms with Crippen LogP contribution in [0.3, 0.4) is 0 Å². The van der Waals surface area contributed by atoms with Gasteiger partial charge in [0, 0.05) is 31.6 Å². The number of aromatic nitrogens is 4. The topological polar surface area (TPSA) is 79.3 Å². The van der Waals surface area contributed by atoms with Crippen molar-refractivity contribution < 1.29 is 4.74 Å². The predicted molar refractivity (Wildman–Crippen MR) is 120 cm³/mol. The van der Waals surface area contributed by atoms with Crippen molar-refractivity contribution in [2.75, 3.05) is 39.8 Å². The highest BCUT2D eigenvalue weighted by molar-refractivity contribution is 7.97. The van der Waals surface area contributed by atoms with Crippen molar-refractivity contribution in [2.24, 2.45) is 7.05 Å². The molecule has 0 amide bonds. The summed E-state index contributed by atoms with van der Waals surface area (Å²) in [6, 6.07) is 6.09. The Hall–Kier alpha value is -2.36. The Balaban J connectivity index is 1.72. The molecule has 0 aliphatic carbocycles. The molecule has 160 valence electrons. The Morgan fingerprint density at radius 3 is 2.83 bits per heavy atom. The van der Waals surface area contributed by atoms with E-state index in [9.17, 15) is 4.79 Å². The molecule has 0 spiro atoms. The molecule has 1 fully saturated rings. The number of fused-ring (bicyclic) bond motifs is 1. The number of ether oxygens (including phenoxy) is 1. The minimum Gasteiger partial charge on any atom is -0.493 e. The van der Waals surface area contributed by atoms with Gasteiger partial charge in [0.2, 0.25) is 0 Å². The van der Waals surface area contributed by atoms with Crippen LogP contribution in [0.4, 0.5) is 0 Å². The summed E-state index contributed by atoms with van der Waals surface area (Å²) in [6.45, 7) is 8.60. The maximum atomic E-state index is 12.7. The highest BCUT2D eigenvalue weighted by atomic mass is 32.2. The molecule has 0 saturated carbocycles. The number of aromatic amines is 1. The van der Waals surface area contributed by atoms with Gasteiger partial charge in [-0.15, -0.1) is 0 Å². The fourth-order valence-corrected chi connectivity index (χ4v) is 4.76. The van der Waals surface area contributed by atoms with Crippen molar-refractivity contribution in [1.29, 1.82) is 0 Å². The second kappa shape index (κ2) is 8.79. The summed E-state index contributed by atoms with van der Waals surface area (Å²) in [4.78, 5) is 23.9. The standard InChI is InChI=1S/C21H28N6O2S/c1-5-29-17-8-7-15(30-27-10-6-9-25(3)11-12-27)13-16(17)20-22-18-14(2)24-26(4)19(18)21(28)23-20/h7-8,13H,5-6,9-12H2,1-4H3,(H,22,23,28). The van der Waals surface area contributed by atoms with Gasteiger partial charge in [0.05, 0.1) is 17.9 Å². The molecule has 0 bridgehead atoms. The number of likely N-dealkylation sites (N-methyl/N-ethyl adjacent to an activating group) is 1. The molecular formula is C21H28N6O2S. The van der Waals surface area contributed by atoms with Gasteiger partial charge in [-0.2, -0.15) is 5.10 Å². The molecule has 1 aliphatic heterocycles. The van der Waals surface area contributed by atoms with Crippen LogP contribution in [-0.2, 0) is 7.05 Å². The fourth-order valence-electron chi connectivity index (χ4n) is 3.76. The second-order valence-corrected chi connectivity index (χ2v) is 8.76. The number of hydrogen-bond acceptors (Lipinski definition) is 7. The van der Waals surface area contributed by atoms with Crippen LogP contribution in [0, 0.1) is 6.92 Å². The van der Waals surface area contributed by atoms with E-state index in [0.29, 0.717) is 29.2 Å². The zero-order valence-electron chi connectivity index (χ0n) is 17.9. The summed E-state index contributed by atoms with van der Waals surface area (Å²) in [5.41, 5.74) is 2.42. The number of rotatable bonds is 5. The highest BCUT2D eigenvalue weighted by Crippen LogP contribution is 2.34. The van der Waals surface area contributed by atoms with E-state index in [4.69, 9.17) is 9.72 Å². The van der Waals surface area contributed by atoms with Gasteiger partial charge in [0.25, 0.3) is 5.56 Å². The van der Waals surface area contributed by atoms with Gasteiger partial charge in [0.1, 0.15) is 17.1 Å². The fraction of sp³-hybridized carbons (Fsp3) is 0.476. The van der Waals surface area contributed by atoms with Gasteiger partial charge in [-0.1, -0.05) is 0 Å². The first kappa shape index (κ1) is 20.9. The van der Waals surface area contributed by atoms with Gasteiger partial charge < -0.3 is 14.6 Å². The number of nitrogens with one attached hydrogen (secondary N) is 1. The Bertz CT molecular complexity index is 1110. The van der Waals surface area contributed by atoms with Crippen LogP contribution >= 0.6 is 11.9 Å². The van der Waals surface area contributed by atoms with Crippen LogP contribution < -0.4 is 10.3 Å². The van der Waals surface area contributed by atoms with Crippen LogP contribution in [0.5, 0.6) is 5.75 Å². The predicted octanol–water partition coefficient (Wildman–Crippen LogP) is 2.68. The molecule has 1 aliphatic rings. The molecule has 3 aromatic rings. The minimum atomic E-state index is -0.200. The van der Waals surface area contributed by atoms with E-state index in [2.05, 4.69) is 38.5 Å². The van der Waals surface area contributed by atoms with Gasteiger partial charge in [-0.05, 0) is 64.0 Å². The monoisotopic (exact) mass is 428 g/mol. The molecule has 30 heavy (non-hydrogen) atoms. The van der Waals surface area contributed by atoms with E-state index in [1.54, 1.807) is 23.7 Å². The first-order valence-electron chi connectivity index (χ1n) is 10.3. The Morgan fingerprint density at radius 1 is 1.20 bits per heavy atom. The van der Waals surface area contributed by atoms with Crippen LogP contribution in [-0.4, -0.2) is 68.8 Å². The molecule has 3 heterocycles. The third-order valence-corrected chi connectivity index (χ3v) is 6.37. The first-order valence-corrected chi connectivity index (χ1v) is 11.1. The van der Waals surface area contributed by atoms with Gasteiger partial charge in [0.15, 0.2) is 5.52 Å². The molecule has 9 heteroatoms. The molecular weight excluding hydrogens is 400 g/mol. The molecule has 1 aromatic carbocycles. The molecule has 4 rings (SSSR count). The third-order valence-electron chi connectivity index (χ3n) is 5.28. The van der Waals surface area contributed by atoms with Crippen LogP contribution in [0.1, 0.15) is 19.0 Å². The first-order chi connectivity index (χ1) is 14.5. The van der Waals surface area contributed by atoms with Gasteiger partial charge in [-0.25, -0.2) is 9.29 Å². The average molecular weight is 429 g/mol. The highest BCUT2D eigenvalue weighted by Gasteiger charge is 2.18. The lowest BCUT2D eigenvalue weighted by molar-refractivity contribution is 0.341. The van der Waals surface area contributed by atoms with E-state index < -0.39 is 0 Å². The SMILES string of the molecule is CCOc1ccc(SN2CCCN(C)CC2)cc1-c1nc2c(C)nn(C)c2c(=O)[nH]1. The summed E-state index contributed by atoms with van der Waals surface area (Å²) in [5.74, 6) is 1.21. The number of aryl methyl sites for hydroxylation is 2. The lowest BCUT2D eigenvalue weighted by atomic mass is 10.2. The van der Waals surface area contributed by atoms with Crippen molar-refractivity contribution >= 4 is 23.0 Å². The zero-order chi connectivity index (χ0) is 21.3. The molecule has 0 unspecified atom stereocenters. The second-order valence-electron chi connectivity index (χ2n) is 7.59. The largest absolute Gasteiger partial charge is 0.493 e. The number of nitrogens with zero attached hydrogens (tertiary/aromatic N) is 5. The van der Waals surface area contributed by atoms with Crippen molar-refractivity contribution in [1.82, 2.24) is 29.0 Å². The molecule has 0 atom stereocenters. The number of benzene rings is 1. The Morgan fingerprint density at radius 2 is 2.03 bits per heavy atom. The number of hydrogen-bond donors (Lipinski definition) is 1. The van der Waals surface area contributed by atoms with Gasteiger partial charge in [-0.3, -0.25) is 9.48 Å². The van der Waals surface area contributed by atoms with Crippen molar-refractivity contribution in [3.63, 3.8) is 0 Å². The van der Waals surface area contributed by atoms with Crippen LogP contribution in [0.15, 0.2) is 27.9 Å². The van der Waals surface area contributed by atoms with E-state index in [-0.39, 0.29) is 5.56 Å². The van der Waals surface area contributed by atoms with Crippen molar-refractivity contribution in [2.45, 2.75) is 25.2 Å². The minimum absolute atomic E-state index is 0.200. The van der Waals surface area contributed by atoms with E-state index in [0.717, 1.165) is 48.8 Å². The Labute approximate surface area is 180 Å². The molecule has 1 N–H and O–H groups in total. The van der Waals surface area contributed by atoms with Crippen LogP contribution in [0.2, 0.25) is 0 Å². The lowest BCUT2D eigenvalue weighted by Crippen LogP contribution is -2.24. The number of H-pyrrole nitrogens is 1. The normalized spacial score (nSPS) is 16.1. The average Bonchev–Trinajstić information content (AvgIpc) is 2.86. The van der Waals surface area contributed by atoms with Crippen molar-refractivity contribution in [3.8, 4) is 17.1 Å². The Kier molecular flexibility index (Phi) is 6.12. The zero-order valence-corrected chi connectivity index (χ0v) is 18.8. The smallest absolute Gasteiger partial charge is 0.277 e. The van der Waals surface area contributed by atoms with E-state index in [1.807, 2.05) is 19.9 Å². The molecule has 1 saturated heterocycles. The van der Waals surface area contributed by atoms with Crippen LogP contribution in [0.25, 0.3) is 22.4 Å². The quantitative estimate of drug-likeness (QED) is 0.626. The van der Waals surface area contributed by atoms with E-state index in [1.165, 1.54) is 0 Å². The third kappa shape index (κ3) is 4.23. The van der Waals surface area contributed by atoms with Crippen molar-refractivity contribution in [3.05, 3.63) is 34.2 Å². The van der Waals surface area contributed by atoms with Gasteiger partial charge >= 0.3 is 0 Å². The maximum absolute atomic E-state index is 12.7. The summed E-state index contributed by atoms with van der Waals surface area (Å²) in [7, 11) is 3.93. The van der Waals surface area contributed by atoms with E-state index >= 15 is 0 Å². The maximum Gasteiger partial charge on any atom is 0.277 e. The summed E-state index contributed by atoms with van der Waals surface area (Å²) >= 11 is 1.75.